The summed E-state index contributed by atoms with van der Waals surface area (Å²) in [7, 11) is 0. The Morgan fingerprint density at radius 3 is 2.64 bits per heavy atom. The van der Waals surface area contributed by atoms with Crippen LogP contribution in [0.2, 0.25) is 5.02 Å². The molecule has 252 valence electrons. The molecule has 1 spiro atoms. The maximum absolute atomic E-state index is 14.2. The Balaban J connectivity index is 1.38. The summed E-state index contributed by atoms with van der Waals surface area (Å²) >= 11 is 6.10. The number of fused-ring (bicyclic) bond motifs is 3. The number of carbonyl (C=O) groups is 2. The molecule has 16 heteroatoms. The lowest BCUT2D eigenvalue weighted by Gasteiger charge is -2.43. The van der Waals surface area contributed by atoms with Gasteiger partial charge in [-0.15, -0.1) is 5.10 Å². The van der Waals surface area contributed by atoms with Crippen LogP contribution in [-0.2, 0) is 43.9 Å². The van der Waals surface area contributed by atoms with E-state index in [1.807, 2.05) is 13.0 Å². The van der Waals surface area contributed by atoms with Gasteiger partial charge in [0, 0.05) is 19.0 Å². The van der Waals surface area contributed by atoms with Gasteiger partial charge in [-0.05, 0) is 64.3 Å². The molecule has 1 fully saturated rings. The van der Waals surface area contributed by atoms with Crippen LogP contribution in [0, 0.1) is 0 Å². The molecule has 3 aliphatic rings. The largest absolute Gasteiger partial charge is 0.444 e. The fourth-order valence-corrected chi connectivity index (χ4v) is 6.53. The Hall–Kier alpha value is -3.95. The number of ether oxygens (including phenoxy) is 3. The molecule has 47 heavy (non-hydrogen) atoms. The third-order valence-electron chi connectivity index (χ3n) is 8.46. The van der Waals surface area contributed by atoms with Gasteiger partial charge in [-0.1, -0.05) is 17.7 Å². The van der Waals surface area contributed by atoms with Crippen molar-refractivity contribution in [3.05, 3.63) is 62.3 Å². The fraction of sp³-hybridized carbons (Fsp3) is 0.516. The highest BCUT2D eigenvalue weighted by Gasteiger charge is 2.50. The summed E-state index contributed by atoms with van der Waals surface area (Å²) in [4.78, 5) is 46.8. The van der Waals surface area contributed by atoms with Crippen molar-refractivity contribution in [2.24, 2.45) is 0 Å². The van der Waals surface area contributed by atoms with Crippen LogP contribution in [0.1, 0.15) is 69.6 Å². The van der Waals surface area contributed by atoms with E-state index in [-0.39, 0.29) is 48.6 Å². The summed E-state index contributed by atoms with van der Waals surface area (Å²) in [6.07, 6.45) is -2.12. The number of alkyl halides is 3. The number of aromatic nitrogens is 4. The van der Waals surface area contributed by atoms with Crippen LogP contribution >= 0.6 is 11.6 Å². The second-order valence-corrected chi connectivity index (χ2v) is 13.3. The van der Waals surface area contributed by atoms with E-state index in [1.165, 1.54) is 0 Å². The molecule has 12 nitrogen and oxygen atoms in total. The van der Waals surface area contributed by atoms with E-state index in [2.05, 4.69) is 15.4 Å². The molecule has 0 aliphatic carbocycles. The van der Waals surface area contributed by atoms with E-state index in [9.17, 15) is 27.6 Å². The van der Waals surface area contributed by atoms with E-state index in [0.29, 0.717) is 43.1 Å². The zero-order valence-corrected chi connectivity index (χ0v) is 27.0. The van der Waals surface area contributed by atoms with Crippen LogP contribution in [0.25, 0.3) is 11.4 Å². The predicted octanol–water partition coefficient (Wildman–Crippen LogP) is 5.15. The van der Waals surface area contributed by atoms with Crippen LogP contribution < -0.4 is 10.9 Å². The van der Waals surface area contributed by atoms with Crippen molar-refractivity contribution >= 4 is 40.6 Å². The van der Waals surface area contributed by atoms with E-state index in [0.717, 1.165) is 28.3 Å². The van der Waals surface area contributed by atoms with Crippen molar-refractivity contribution in [2.45, 2.75) is 83.5 Å². The fourth-order valence-electron chi connectivity index (χ4n) is 6.31. The molecule has 2 amide bonds. The highest BCUT2D eigenvalue weighted by molar-refractivity contribution is 6.33. The number of anilines is 1. The molecule has 0 radical (unpaired) electrons. The van der Waals surface area contributed by atoms with Crippen LogP contribution in [-0.4, -0.2) is 67.5 Å². The molecular weight excluding hydrogens is 645 g/mol. The van der Waals surface area contributed by atoms with Crippen molar-refractivity contribution in [3.8, 4) is 0 Å². The van der Waals surface area contributed by atoms with Crippen molar-refractivity contribution in [3.63, 3.8) is 0 Å². The highest BCUT2D eigenvalue weighted by atomic mass is 35.5. The number of rotatable bonds is 4. The maximum Gasteiger partial charge on any atom is 0.416 e. The van der Waals surface area contributed by atoms with E-state index >= 15 is 0 Å². The van der Waals surface area contributed by atoms with Gasteiger partial charge >= 0.3 is 12.3 Å². The van der Waals surface area contributed by atoms with Crippen molar-refractivity contribution in [1.82, 2.24) is 24.1 Å². The van der Waals surface area contributed by atoms with Gasteiger partial charge < -0.3 is 29.0 Å². The lowest BCUT2D eigenvalue weighted by molar-refractivity contribution is -0.137. The average Bonchev–Trinajstić information content (AvgIpc) is 3.59. The molecule has 0 unspecified atom stereocenters. The first-order valence-electron chi connectivity index (χ1n) is 15.2. The monoisotopic (exact) mass is 678 g/mol. The molecule has 1 saturated heterocycles. The molecular formula is C31H34ClF3N6O6. The van der Waals surface area contributed by atoms with Crippen molar-refractivity contribution in [2.75, 3.05) is 25.1 Å². The van der Waals surface area contributed by atoms with Gasteiger partial charge in [-0.3, -0.25) is 9.59 Å². The molecule has 0 bridgehead atoms. The van der Waals surface area contributed by atoms with E-state index in [1.54, 1.807) is 30.2 Å². The van der Waals surface area contributed by atoms with Gasteiger partial charge in [0.25, 0.3) is 5.56 Å². The topological polar surface area (TPSA) is 129 Å². The zero-order chi connectivity index (χ0) is 33.9. The van der Waals surface area contributed by atoms with Crippen molar-refractivity contribution < 1.29 is 37.0 Å². The first-order valence-corrected chi connectivity index (χ1v) is 15.5. The van der Waals surface area contributed by atoms with Crippen LogP contribution in [0.3, 0.4) is 0 Å². The van der Waals surface area contributed by atoms with E-state index < -0.39 is 40.5 Å². The quantitative estimate of drug-likeness (QED) is 0.401. The highest BCUT2D eigenvalue weighted by Crippen LogP contribution is 2.45. The van der Waals surface area contributed by atoms with Crippen molar-refractivity contribution in [1.29, 1.82) is 0 Å². The van der Waals surface area contributed by atoms with Gasteiger partial charge in [-0.2, -0.15) is 22.7 Å². The number of hydrogen-bond donors (Lipinski definition) is 1. The Bertz CT molecular complexity index is 1850. The third kappa shape index (κ3) is 6.35. The first-order chi connectivity index (χ1) is 22.1. The molecule has 0 saturated carbocycles. The Morgan fingerprint density at radius 1 is 1.23 bits per heavy atom. The number of likely N-dealkylation sites (tertiary alicyclic amines) is 1. The Kier molecular flexibility index (Phi) is 8.37. The minimum Gasteiger partial charge on any atom is -0.444 e. The summed E-state index contributed by atoms with van der Waals surface area (Å²) in [5.74, 6) is -0.204. The van der Waals surface area contributed by atoms with Gasteiger partial charge in [0.15, 0.2) is 5.82 Å². The minimum atomic E-state index is -4.60. The second kappa shape index (κ2) is 11.9. The number of halogens is 4. The minimum absolute atomic E-state index is 0.0102. The zero-order valence-electron chi connectivity index (χ0n) is 26.2. The average molecular weight is 679 g/mol. The summed E-state index contributed by atoms with van der Waals surface area (Å²) in [6.45, 7) is 7.91. The molecule has 1 N–H and O–H groups in total. The molecule has 3 aromatic rings. The SMILES string of the molecule is C[C@@H]1C[C@@]2(CCN1C(=O)OC(C)(C)C)OCc1c2c(=O)n2nc(C3=CCOCC3)nc2n1CC(=O)Nc1ccc(C(F)(F)F)cc1Cl. The molecule has 2 aromatic heterocycles. The first kappa shape index (κ1) is 33.0. The predicted molar refractivity (Wildman–Crippen MR) is 164 cm³/mol. The Labute approximate surface area is 272 Å². The summed E-state index contributed by atoms with van der Waals surface area (Å²) in [5, 5.41) is 6.83. The number of carbonyl (C=O) groups excluding carboxylic acids is 2. The van der Waals surface area contributed by atoms with Crippen LogP contribution in [0.5, 0.6) is 0 Å². The van der Waals surface area contributed by atoms with Crippen LogP contribution in [0.4, 0.5) is 23.7 Å². The normalized spacial score (nSPS) is 21.6. The number of amides is 2. The standard InChI is InChI=1S/C31H34ClF3N6O6/c1-17-14-30(9-10-39(17)28(44)47-29(2,3)4)24-22(16-46-30)40(15-23(42)36-21-6-5-19(13-20(21)32)31(33,34)35)27-37-25(38-41(27)26(24)43)18-7-11-45-12-8-18/h5-7,13,17H,8-12,14-16H2,1-4H3,(H,36,42)/t17-,30-/m1/s1. The molecule has 3 aliphatic heterocycles. The molecule has 5 heterocycles. The van der Waals surface area contributed by atoms with Crippen LogP contribution in [0.15, 0.2) is 29.1 Å². The number of nitrogens with zero attached hydrogens (tertiary/aromatic N) is 5. The lowest BCUT2D eigenvalue weighted by Crippen LogP contribution is -2.52. The number of nitrogens with one attached hydrogen (secondary N) is 1. The Morgan fingerprint density at radius 2 is 2.00 bits per heavy atom. The maximum atomic E-state index is 14.2. The van der Waals surface area contributed by atoms with Gasteiger partial charge in [0.2, 0.25) is 11.7 Å². The van der Waals surface area contributed by atoms with Gasteiger partial charge in [0.1, 0.15) is 17.7 Å². The third-order valence-corrected chi connectivity index (χ3v) is 8.77. The van der Waals surface area contributed by atoms with E-state index in [4.69, 9.17) is 25.8 Å². The summed E-state index contributed by atoms with van der Waals surface area (Å²) < 4.78 is 59.5. The smallest absolute Gasteiger partial charge is 0.416 e. The second-order valence-electron chi connectivity index (χ2n) is 12.9. The summed E-state index contributed by atoms with van der Waals surface area (Å²) in [5.41, 5.74) is -1.63. The number of benzene rings is 1. The number of hydrogen-bond acceptors (Lipinski definition) is 8. The molecule has 1 aromatic carbocycles. The molecule has 6 rings (SSSR count). The lowest BCUT2D eigenvalue weighted by atomic mass is 9.82. The summed E-state index contributed by atoms with van der Waals surface area (Å²) in [6, 6.07) is 2.29. The van der Waals surface area contributed by atoms with Gasteiger partial charge in [0.05, 0.1) is 47.4 Å². The molecule has 2 atom stereocenters. The van der Waals surface area contributed by atoms with Gasteiger partial charge in [-0.25, -0.2) is 4.79 Å². The number of piperidine rings is 1.